The van der Waals surface area contributed by atoms with Gasteiger partial charge in [0, 0.05) is 25.2 Å². The molecule has 1 aromatic carbocycles. The number of nitrogens with zero attached hydrogens (tertiary/aromatic N) is 2. The van der Waals surface area contributed by atoms with Crippen molar-refractivity contribution in [1.82, 2.24) is 14.5 Å². The van der Waals surface area contributed by atoms with Crippen molar-refractivity contribution >= 4 is 11.9 Å². The molecule has 3 rings (SSSR count). The van der Waals surface area contributed by atoms with Gasteiger partial charge < -0.3 is 10.0 Å². The fourth-order valence-electron chi connectivity index (χ4n) is 2.81. The van der Waals surface area contributed by atoms with Crippen LogP contribution in [0.4, 0.5) is 0 Å². The second-order valence-electron chi connectivity index (χ2n) is 5.59. The highest BCUT2D eigenvalue weighted by Gasteiger charge is 2.34. The Morgan fingerprint density at radius 1 is 1.17 bits per heavy atom. The number of H-pyrrole nitrogens is 1. The summed E-state index contributed by atoms with van der Waals surface area (Å²) in [7, 11) is 0. The lowest BCUT2D eigenvalue weighted by molar-refractivity contribution is -0.151. The van der Waals surface area contributed by atoms with E-state index in [1.54, 1.807) is 0 Å². The molecule has 1 amide bonds. The van der Waals surface area contributed by atoms with E-state index in [4.69, 9.17) is 0 Å². The lowest BCUT2D eigenvalue weighted by Gasteiger charge is -2.34. The third-order valence-corrected chi connectivity index (χ3v) is 4.06. The third kappa shape index (κ3) is 2.98. The molecule has 0 aliphatic carbocycles. The van der Waals surface area contributed by atoms with Gasteiger partial charge in [0.15, 0.2) is 0 Å². The van der Waals surface area contributed by atoms with Gasteiger partial charge in [-0.15, -0.1) is 0 Å². The van der Waals surface area contributed by atoms with Crippen molar-refractivity contribution in [2.45, 2.75) is 25.6 Å². The fourth-order valence-corrected chi connectivity index (χ4v) is 2.81. The summed E-state index contributed by atoms with van der Waals surface area (Å²) < 4.78 is 1.04. The normalized spacial score (nSPS) is 16.5. The highest BCUT2D eigenvalue weighted by molar-refractivity contribution is 5.84. The number of amides is 1. The number of carboxylic acids is 1. The van der Waals surface area contributed by atoms with Gasteiger partial charge in [-0.2, -0.15) is 0 Å². The predicted octanol–water partition coefficient (Wildman–Crippen LogP) is -0.425. The Morgan fingerprint density at radius 2 is 1.88 bits per heavy atom. The SMILES string of the molecule is O=C(O)[C@@H]1Cc2ccccc2CN1C(=O)Cn1ccc(=O)[nH]c1=O. The Labute approximate surface area is 136 Å². The van der Waals surface area contributed by atoms with E-state index in [1.165, 1.54) is 11.1 Å². The summed E-state index contributed by atoms with van der Waals surface area (Å²) in [4.78, 5) is 50.1. The van der Waals surface area contributed by atoms with Crippen LogP contribution >= 0.6 is 0 Å². The number of carbonyl (C=O) groups excluding carboxylic acids is 1. The first-order valence-corrected chi connectivity index (χ1v) is 7.34. The molecule has 124 valence electrons. The van der Waals surface area contributed by atoms with Crippen molar-refractivity contribution in [3.05, 3.63) is 68.5 Å². The molecule has 0 fully saturated rings. The number of hydrogen-bond acceptors (Lipinski definition) is 4. The van der Waals surface area contributed by atoms with Crippen LogP contribution in [0.1, 0.15) is 11.1 Å². The van der Waals surface area contributed by atoms with Gasteiger partial charge >= 0.3 is 11.7 Å². The lowest BCUT2D eigenvalue weighted by Crippen LogP contribution is -2.50. The maximum absolute atomic E-state index is 12.5. The van der Waals surface area contributed by atoms with E-state index in [1.807, 2.05) is 24.3 Å². The van der Waals surface area contributed by atoms with Crippen molar-refractivity contribution in [3.8, 4) is 0 Å². The zero-order chi connectivity index (χ0) is 17.3. The molecule has 24 heavy (non-hydrogen) atoms. The molecule has 2 heterocycles. The number of carbonyl (C=O) groups is 2. The summed E-state index contributed by atoms with van der Waals surface area (Å²) in [6.07, 6.45) is 1.44. The molecule has 2 aromatic rings. The molecule has 0 spiro atoms. The maximum Gasteiger partial charge on any atom is 0.328 e. The van der Waals surface area contributed by atoms with Gasteiger partial charge in [0.05, 0.1) is 0 Å². The second kappa shape index (κ2) is 6.15. The molecule has 0 bridgehead atoms. The van der Waals surface area contributed by atoms with E-state index >= 15 is 0 Å². The number of benzene rings is 1. The first-order chi connectivity index (χ1) is 11.5. The number of hydrogen-bond donors (Lipinski definition) is 2. The Bertz CT molecular complexity index is 914. The van der Waals surface area contributed by atoms with Crippen molar-refractivity contribution in [2.24, 2.45) is 0 Å². The van der Waals surface area contributed by atoms with Crippen LogP contribution in [0.25, 0.3) is 0 Å². The minimum atomic E-state index is -1.09. The highest BCUT2D eigenvalue weighted by atomic mass is 16.4. The Hall–Kier alpha value is -3.16. The van der Waals surface area contributed by atoms with Gasteiger partial charge in [-0.05, 0) is 11.1 Å². The summed E-state index contributed by atoms with van der Waals surface area (Å²) in [6.45, 7) is -0.161. The van der Waals surface area contributed by atoms with Crippen molar-refractivity contribution in [3.63, 3.8) is 0 Å². The predicted molar refractivity (Wildman–Crippen MR) is 83.4 cm³/mol. The van der Waals surface area contributed by atoms with E-state index in [0.29, 0.717) is 0 Å². The summed E-state index contributed by atoms with van der Waals surface area (Å²) in [5, 5.41) is 9.43. The molecular weight excluding hydrogens is 314 g/mol. The Morgan fingerprint density at radius 3 is 2.54 bits per heavy atom. The number of rotatable bonds is 3. The number of aromatic nitrogens is 2. The first-order valence-electron chi connectivity index (χ1n) is 7.34. The molecule has 1 aromatic heterocycles. The van der Waals surface area contributed by atoms with Crippen LogP contribution in [0, 0.1) is 0 Å². The molecule has 0 radical (unpaired) electrons. The molecule has 0 saturated heterocycles. The molecule has 8 heteroatoms. The topological polar surface area (TPSA) is 112 Å². The molecule has 1 aliphatic rings. The Kier molecular flexibility index (Phi) is 4.03. The molecule has 1 atom stereocenters. The first kappa shape index (κ1) is 15.7. The van der Waals surface area contributed by atoms with E-state index in [2.05, 4.69) is 4.98 Å². The van der Waals surface area contributed by atoms with Crippen LogP contribution in [0.2, 0.25) is 0 Å². The van der Waals surface area contributed by atoms with Gasteiger partial charge in [-0.1, -0.05) is 24.3 Å². The zero-order valence-electron chi connectivity index (χ0n) is 12.6. The minimum Gasteiger partial charge on any atom is -0.480 e. The monoisotopic (exact) mass is 329 g/mol. The van der Waals surface area contributed by atoms with E-state index in [0.717, 1.165) is 21.8 Å². The number of fused-ring (bicyclic) bond motifs is 1. The van der Waals surface area contributed by atoms with E-state index in [-0.39, 0.29) is 19.5 Å². The van der Waals surface area contributed by atoms with E-state index < -0.39 is 29.2 Å². The molecular formula is C16H15N3O5. The molecule has 0 saturated carbocycles. The summed E-state index contributed by atoms with van der Waals surface area (Å²) in [5.74, 6) is -1.59. The molecule has 8 nitrogen and oxygen atoms in total. The molecule has 0 unspecified atom stereocenters. The number of carboxylic acid groups (broad SMARTS) is 1. The number of nitrogens with one attached hydrogen (secondary N) is 1. The second-order valence-corrected chi connectivity index (χ2v) is 5.59. The zero-order valence-corrected chi connectivity index (χ0v) is 12.6. The van der Waals surface area contributed by atoms with Crippen LogP contribution in [0.5, 0.6) is 0 Å². The largest absolute Gasteiger partial charge is 0.480 e. The van der Waals surface area contributed by atoms with Crippen LogP contribution in [-0.4, -0.2) is 37.5 Å². The summed E-state index contributed by atoms with van der Waals surface area (Å²) in [5.41, 5.74) is 0.520. The third-order valence-electron chi connectivity index (χ3n) is 4.06. The van der Waals surface area contributed by atoms with Crippen LogP contribution < -0.4 is 11.2 Å². The van der Waals surface area contributed by atoms with Gasteiger partial charge in [-0.3, -0.25) is 19.1 Å². The van der Waals surface area contributed by atoms with E-state index in [9.17, 15) is 24.3 Å². The van der Waals surface area contributed by atoms with Gasteiger partial charge in [-0.25, -0.2) is 9.59 Å². The number of aliphatic carboxylic acids is 1. The van der Waals surface area contributed by atoms with Gasteiger partial charge in [0.1, 0.15) is 12.6 Å². The van der Waals surface area contributed by atoms with Gasteiger partial charge in [0.2, 0.25) is 5.91 Å². The van der Waals surface area contributed by atoms with Crippen molar-refractivity contribution < 1.29 is 14.7 Å². The fraction of sp³-hybridized carbons (Fsp3) is 0.250. The Balaban J connectivity index is 1.88. The average molecular weight is 329 g/mol. The van der Waals surface area contributed by atoms with Crippen molar-refractivity contribution in [2.75, 3.05) is 0 Å². The number of aromatic amines is 1. The standard InChI is InChI=1S/C16H15N3O5/c20-13-5-6-18(16(24)17-13)9-14(21)19-8-11-4-2-1-3-10(11)7-12(19)15(22)23/h1-6,12H,7-9H2,(H,22,23)(H,17,20,24)/t12-/m0/s1. The minimum absolute atomic E-state index is 0.171. The summed E-state index contributed by atoms with van der Waals surface area (Å²) >= 11 is 0. The maximum atomic E-state index is 12.5. The van der Waals surface area contributed by atoms with Crippen LogP contribution in [0.15, 0.2) is 46.1 Å². The van der Waals surface area contributed by atoms with Crippen LogP contribution in [-0.2, 0) is 29.1 Å². The lowest BCUT2D eigenvalue weighted by atomic mass is 9.94. The smallest absolute Gasteiger partial charge is 0.328 e. The van der Waals surface area contributed by atoms with Crippen molar-refractivity contribution in [1.29, 1.82) is 0 Å². The highest BCUT2D eigenvalue weighted by Crippen LogP contribution is 2.23. The summed E-state index contributed by atoms with van der Waals surface area (Å²) in [6, 6.07) is 7.50. The van der Waals surface area contributed by atoms with Crippen LogP contribution in [0.3, 0.4) is 0 Å². The van der Waals surface area contributed by atoms with Gasteiger partial charge in [0.25, 0.3) is 5.56 Å². The quantitative estimate of drug-likeness (QED) is 0.794. The average Bonchev–Trinajstić information content (AvgIpc) is 2.56. The molecule has 2 N–H and O–H groups in total. The molecule has 1 aliphatic heterocycles.